The number of carbonyl (C=O) groups is 3. The van der Waals surface area contributed by atoms with Gasteiger partial charge in [0.2, 0.25) is 0 Å². The van der Waals surface area contributed by atoms with Crippen molar-refractivity contribution in [1.29, 1.82) is 0 Å². The van der Waals surface area contributed by atoms with Gasteiger partial charge in [0.05, 0.1) is 6.04 Å². The van der Waals surface area contributed by atoms with Crippen LogP contribution in [0.4, 0.5) is 10.1 Å². The standard InChI is InChI=1S/C33H21BrFNO3/c34-22-14-9-20(10-15-22)28-29(30(37)21-11-16-23(35)17-12-21)36-26-8-4-1-5-19(26)13-18-27(36)33(28)31(38)24-6-2-3-7-25(24)32(33)39/h1-18,27-29H/t27?,28-,29+/m1/s1. The molecule has 0 saturated carbocycles. The second-order valence-corrected chi connectivity index (χ2v) is 11.1. The van der Waals surface area contributed by atoms with Gasteiger partial charge in [-0.15, -0.1) is 0 Å². The van der Waals surface area contributed by atoms with Crippen LogP contribution in [0.5, 0.6) is 0 Å². The molecule has 3 atom stereocenters. The Labute approximate surface area is 232 Å². The SMILES string of the molecule is O=C(c1ccc(F)cc1)[C@@H]1[C@@H](c2ccc(Br)cc2)C2(C(=O)c3ccccc3C2=O)C2C=Cc3ccccc3N21. The normalized spacial score (nSPS) is 22.1. The number of fused-ring (bicyclic) bond motifs is 5. The highest BCUT2D eigenvalue weighted by Crippen LogP contribution is 2.61. The summed E-state index contributed by atoms with van der Waals surface area (Å²) in [6.07, 6.45) is 3.83. The third-order valence-corrected chi connectivity index (χ3v) is 8.87. The smallest absolute Gasteiger partial charge is 0.185 e. The van der Waals surface area contributed by atoms with Crippen molar-refractivity contribution in [3.63, 3.8) is 0 Å². The van der Waals surface area contributed by atoms with Crippen molar-refractivity contribution in [3.05, 3.63) is 141 Å². The number of anilines is 1. The molecule has 1 spiro atoms. The Morgan fingerprint density at radius 1 is 0.795 bits per heavy atom. The molecule has 1 unspecified atom stereocenters. The Kier molecular flexibility index (Phi) is 5.32. The molecule has 190 valence electrons. The van der Waals surface area contributed by atoms with Gasteiger partial charge in [0.25, 0.3) is 0 Å². The molecule has 4 aromatic carbocycles. The molecule has 4 aromatic rings. The summed E-state index contributed by atoms with van der Waals surface area (Å²) in [5.74, 6) is -2.06. The van der Waals surface area contributed by atoms with Crippen molar-refractivity contribution in [3.8, 4) is 0 Å². The maximum Gasteiger partial charge on any atom is 0.185 e. The molecule has 1 fully saturated rings. The number of hydrogen-bond acceptors (Lipinski definition) is 4. The average molecular weight is 578 g/mol. The van der Waals surface area contributed by atoms with Crippen molar-refractivity contribution < 1.29 is 18.8 Å². The van der Waals surface area contributed by atoms with Gasteiger partial charge in [-0.05, 0) is 53.6 Å². The van der Waals surface area contributed by atoms with E-state index in [2.05, 4.69) is 15.9 Å². The van der Waals surface area contributed by atoms with E-state index in [0.717, 1.165) is 15.7 Å². The summed E-state index contributed by atoms with van der Waals surface area (Å²) in [6, 6.07) is 25.9. The zero-order chi connectivity index (χ0) is 26.9. The second-order valence-electron chi connectivity index (χ2n) is 10.2. The van der Waals surface area contributed by atoms with Crippen molar-refractivity contribution in [2.45, 2.75) is 18.0 Å². The van der Waals surface area contributed by atoms with Gasteiger partial charge in [-0.2, -0.15) is 0 Å². The number of carbonyl (C=O) groups excluding carboxylic acids is 3. The van der Waals surface area contributed by atoms with Crippen molar-refractivity contribution in [2.24, 2.45) is 5.41 Å². The Morgan fingerprint density at radius 2 is 1.41 bits per heavy atom. The van der Waals surface area contributed by atoms with Crippen LogP contribution in [0.2, 0.25) is 0 Å². The molecule has 0 radical (unpaired) electrons. The van der Waals surface area contributed by atoms with E-state index in [-0.39, 0.29) is 17.3 Å². The Balaban J connectivity index is 1.54. The van der Waals surface area contributed by atoms with Crippen LogP contribution in [0.3, 0.4) is 0 Å². The van der Waals surface area contributed by atoms with Crippen LogP contribution in [0, 0.1) is 11.2 Å². The highest BCUT2D eigenvalue weighted by Gasteiger charge is 2.71. The Bertz CT molecular complexity index is 1670. The first kappa shape index (κ1) is 23.9. The minimum absolute atomic E-state index is 0.272. The zero-order valence-electron chi connectivity index (χ0n) is 20.6. The molecule has 7 rings (SSSR count). The molecule has 4 nitrogen and oxygen atoms in total. The van der Waals surface area contributed by atoms with E-state index in [0.29, 0.717) is 22.3 Å². The highest BCUT2D eigenvalue weighted by atomic mass is 79.9. The number of rotatable bonds is 3. The van der Waals surface area contributed by atoms with Gasteiger partial charge in [-0.1, -0.05) is 82.7 Å². The van der Waals surface area contributed by atoms with Crippen LogP contribution >= 0.6 is 15.9 Å². The summed E-state index contributed by atoms with van der Waals surface area (Å²) in [4.78, 5) is 45.5. The predicted molar refractivity (Wildman–Crippen MR) is 151 cm³/mol. The average Bonchev–Trinajstić information content (AvgIpc) is 3.40. The van der Waals surface area contributed by atoms with Crippen molar-refractivity contribution in [2.75, 3.05) is 4.90 Å². The number of Topliss-reactive ketones (excluding diaryl/α,β-unsaturated/α-hetero) is 3. The largest absolute Gasteiger partial charge is 0.352 e. The van der Waals surface area contributed by atoms with E-state index in [9.17, 15) is 18.8 Å². The topological polar surface area (TPSA) is 54.5 Å². The minimum Gasteiger partial charge on any atom is -0.352 e. The van der Waals surface area contributed by atoms with Gasteiger partial charge in [0.1, 0.15) is 17.3 Å². The third kappa shape index (κ3) is 3.24. The van der Waals surface area contributed by atoms with E-state index in [4.69, 9.17) is 0 Å². The van der Waals surface area contributed by atoms with Gasteiger partial charge in [-0.3, -0.25) is 14.4 Å². The van der Waals surface area contributed by atoms with E-state index in [1.807, 2.05) is 65.6 Å². The van der Waals surface area contributed by atoms with Crippen LogP contribution in [0.25, 0.3) is 6.08 Å². The molecule has 1 aliphatic carbocycles. The first-order valence-electron chi connectivity index (χ1n) is 12.7. The summed E-state index contributed by atoms with van der Waals surface area (Å²) in [7, 11) is 0. The molecule has 1 saturated heterocycles. The van der Waals surface area contributed by atoms with E-state index in [1.54, 1.807) is 24.3 Å². The molecular formula is C33H21BrFNO3. The summed E-state index contributed by atoms with van der Waals surface area (Å²) < 4.78 is 14.7. The molecular weight excluding hydrogens is 557 g/mol. The van der Waals surface area contributed by atoms with Crippen LogP contribution in [0.15, 0.2) is 108 Å². The molecule has 0 amide bonds. The molecule has 0 N–H and O–H groups in total. The van der Waals surface area contributed by atoms with Gasteiger partial charge < -0.3 is 4.90 Å². The predicted octanol–water partition coefficient (Wildman–Crippen LogP) is 6.90. The molecule has 39 heavy (non-hydrogen) atoms. The number of para-hydroxylation sites is 1. The summed E-state index contributed by atoms with van der Waals surface area (Å²) in [5, 5.41) is 0. The van der Waals surface area contributed by atoms with E-state index in [1.165, 1.54) is 24.3 Å². The van der Waals surface area contributed by atoms with E-state index >= 15 is 0 Å². The van der Waals surface area contributed by atoms with Crippen LogP contribution in [0.1, 0.15) is 48.1 Å². The van der Waals surface area contributed by atoms with Gasteiger partial charge in [-0.25, -0.2) is 4.39 Å². The van der Waals surface area contributed by atoms with Gasteiger partial charge in [0.15, 0.2) is 17.3 Å². The maximum atomic E-state index is 14.5. The number of benzene rings is 4. The Morgan fingerprint density at radius 3 is 2.08 bits per heavy atom. The third-order valence-electron chi connectivity index (χ3n) is 8.34. The maximum absolute atomic E-state index is 14.5. The lowest BCUT2D eigenvalue weighted by Gasteiger charge is -2.37. The van der Waals surface area contributed by atoms with E-state index < -0.39 is 29.2 Å². The second kappa shape index (κ2) is 8.68. The van der Waals surface area contributed by atoms with Gasteiger partial charge >= 0.3 is 0 Å². The molecule has 6 heteroatoms. The quantitative estimate of drug-likeness (QED) is 0.196. The molecule has 2 heterocycles. The lowest BCUT2D eigenvalue weighted by Crippen LogP contribution is -2.48. The van der Waals surface area contributed by atoms with Crippen LogP contribution in [-0.2, 0) is 0 Å². The first-order chi connectivity index (χ1) is 18.9. The first-order valence-corrected chi connectivity index (χ1v) is 13.5. The summed E-state index contributed by atoms with van der Waals surface area (Å²) in [6.45, 7) is 0. The van der Waals surface area contributed by atoms with Crippen molar-refractivity contribution >= 4 is 45.0 Å². The number of hydrogen-bond donors (Lipinski definition) is 0. The van der Waals surface area contributed by atoms with Gasteiger partial charge in [0, 0.05) is 32.8 Å². The fraction of sp³-hybridized carbons (Fsp3) is 0.121. The fourth-order valence-electron chi connectivity index (χ4n) is 6.75. The molecule has 2 aliphatic heterocycles. The number of ketones is 3. The van der Waals surface area contributed by atoms with Crippen LogP contribution < -0.4 is 4.90 Å². The zero-order valence-corrected chi connectivity index (χ0v) is 22.1. The number of halogens is 2. The number of nitrogens with zero attached hydrogens (tertiary/aromatic N) is 1. The van der Waals surface area contributed by atoms with Crippen molar-refractivity contribution in [1.82, 2.24) is 0 Å². The van der Waals surface area contributed by atoms with Crippen LogP contribution in [-0.4, -0.2) is 29.4 Å². The molecule has 0 bridgehead atoms. The highest BCUT2D eigenvalue weighted by molar-refractivity contribution is 9.10. The molecule has 3 aliphatic rings. The summed E-state index contributed by atoms with van der Waals surface area (Å²) in [5.41, 5.74) is 1.92. The Hall–Kier alpha value is -4.16. The molecule has 0 aromatic heterocycles. The minimum atomic E-state index is -1.55. The monoisotopic (exact) mass is 577 g/mol. The lowest BCUT2D eigenvalue weighted by atomic mass is 9.64. The lowest BCUT2D eigenvalue weighted by molar-refractivity contribution is 0.0666. The summed E-state index contributed by atoms with van der Waals surface area (Å²) >= 11 is 3.49. The fourth-order valence-corrected chi connectivity index (χ4v) is 7.01.